The number of hydrogen-bond acceptors (Lipinski definition) is 3. The Balaban J connectivity index is 2.02. The van der Waals surface area contributed by atoms with Crippen LogP contribution in [0.1, 0.15) is 42.2 Å². The maximum Gasteiger partial charge on any atom is 0.276 e. The van der Waals surface area contributed by atoms with Crippen molar-refractivity contribution in [1.82, 2.24) is 9.78 Å². The summed E-state index contributed by atoms with van der Waals surface area (Å²) in [5, 5.41) is 7.74. The van der Waals surface area contributed by atoms with Crippen LogP contribution in [-0.2, 0) is 6.54 Å². The number of rotatable bonds is 6. The third kappa shape index (κ3) is 4.05. The second kappa shape index (κ2) is 8.12. The van der Waals surface area contributed by atoms with E-state index in [2.05, 4.69) is 17.3 Å². The molecular weight excluding hydrogens is 345 g/mol. The highest BCUT2D eigenvalue weighted by atomic mass is 19.1. The van der Waals surface area contributed by atoms with Crippen molar-refractivity contribution < 1.29 is 9.18 Å². The molecule has 0 atom stereocenters. The van der Waals surface area contributed by atoms with Gasteiger partial charge in [-0.15, -0.1) is 0 Å². The summed E-state index contributed by atoms with van der Waals surface area (Å²) in [6.45, 7) is 4.29. The van der Waals surface area contributed by atoms with Crippen LogP contribution in [0.5, 0.6) is 0 Å². The lowest BCUT2D eigenvalue weighted by molar-refractivity contribution is 0.102. The van der Waals surface area contributed by atoms with Crippen molar-refractivity contribution in [2.75, 3.05) is 5.32 Å². The topological polar surface area (TPSA) is 64.0 Å². The van der Waals surface area contributed by atoms with Gasteiger partial charge in [0.05, 0.1) is 11.1 Å². The minimum absolute atomic E-state index is 0.0835. The lowest BCUT2D eigenvalue weighted by Crippen LogP contribution is -2.28. The first kappa shape index (κ1) is 18.8. The molecule has 140 valence electrons. The molecule has 5 nitrogen and oxygen atoms in total. The molecule has 1 amide bonds. The third-order valence-corrected chi connectivity index (χ3v) is 4.43. The normalized spacial score (nSPS) is 10.9. The molecule has 0 radical (unpaired) electrons. The van der Waals surface area contributed by atoms with Crippen LogP contribution >= 0.6 is 0 Å². The Kier molecular flexibility index (Phi) is 5.64. The Morgan fingerprint density at radius 2 is 1.89 bits per heavy atom. The molecule has 0 spiro atoms. The van der Waals surface area contributed by atoms with Gasteiger partial charge in [-0.1, -0.05) is 44.0 Å². The van der Waals surface area contributed by atoms with Crippen molar-refractivity contribution in [2.45, 2.75) is 39.7 Å². The minimum Gasteiger partial charge on any atom is -0.318 e. The molecule has 2 aromatic carbocycles. The van der Waals surface area contributed by atoms with E-state index in [1.807, 2.05) is 0 Å². The first-order valence-corrected chi connectivity index (χ1v) is 9.08. The molecule has 0 bridgehead atoms. The maximum atomic E-state index is 14.1. The van der Waals surface area contributed by atoms with Crippen molar-refractivity contribution in [3.05, 3.63) is 69.9 Å². The van der Waals surface area contributed by atoms with E-state index in [0.29, 0.717) is 17.3 Å². The maximum absolute atomic E-state index is 14.1. The average molecular weight is 367 g/mol. The zero-order valence-electron chi connectivity index (χ0n) is 15.5. The van der Waals surface area contributed by atoms with Gasteiger partial charge in [0.15, 0.2) is 5.69 Å². The highest BCUT2D eigenvalue weighted by Crippen LogP contribution is 2.19. The number of carbonyl (C=O) groups is 1. The number of unbranched alkanes of at least 4 members (excludes halogenated alkanes) is 2. The van der Waals surface area contributed by atoms with E-state index in [1.54, 1.807) is 37.3 Å². The number of aromatic nitrogens is 2. The molecular formula is C21H22FN3O2. The monoisotopic (exact) mass is 367 g/mol. The number of nitrogens with zero attached hydrogens (tertiary/aromatic N) is 2. The number of nitrogens with one attached hydrogen (secondary N) is 1. The summed E-state index contributed by atoms with van der Waals surface area (Å²) in [5.74, 6) is -1.05. The fourth-order valence-corrected chi connectivity index (χ4v) is 2.97. The molecule has 0 aliphatic heterocycles. The molecule has 3 rings (SSSR count). The first-order chi connectivity index (χ1) is 13.0. The number of amides is 1. The molecule has 1 N–H and O–H groups in total. The predicted octanol–water partition coefficient (Wildman–Crippen LogP) is 4.29. The molecule has 0 aliphatic rings. The SMILES string of the molecule is CCCCCn1nc(C(=O)Nc2ccc(C)cc2F)c2ccccc2c1=O. The van der Waals surface area contributed by atoms with Gasteiger partial charge >= 0.3 is 0 Å². The number of fused-ring (bicyclic) bond motifs is 1. The summed E-state index contributed by atoms with van der Waals surface area (Å²) in [5.41, 5.74) is 0.736. The number of aryl methyl sites for hydroxylation is 2. The van der Waals surface area contributed by atoms with Crippen molar-refractivity contribution in [2.24, 2.45) is 0 Å². The summed E-state index contributed by atoms with van der Waals surface area (Å²) in [6, 6.07) is 11.4. The van der Waals surface area contributed by atoms with Gasteiger partial charge in [-0.05, 0) is 37.1 Å². The van der Waals surface area contributed by atoms with Crippen LogP contribution in [0.2, 0.25) is 0 Å². The van der Waals surface area contributed by atoms with Gasteiger partial charge in [-0.3, -0.25) is 9.59 Å². The zero-order chi connectivity index (χ0) is 19.4. The van der Waals surface area contributed by atoms with Crippen LogP contribution in [0.3, 0.4) is 0 Å². The van der Waals surface area contributed by atoms with Crippen LogP contribution in [0.15, 0.2) is 47.3 Å². The van der Waals surface area contributed by atoms with E-state index in [4.69, 9.17) is 0 Å². The molecule has 27 heavy (non-hydrogen) atoms. The molecule has 0 saturated heterocycles. The van der Waals surface area contributed by atoms with Gasteiger partial charge in [0.25, 0.3) is 11.5 Å². The predicted molar refractivity (Wildman–Crippen MR) is 105 cm³/mol. The van der Waals surface area contributed by atoms with Crippen molar-refractivity contribution in [1.29, 1.82) is 0 Å². The van der Waals surface area contributed by atoms with E-state index in [1.165, 1.54) is 16.8 Å². The summed E-state index contributed by atoms with van der Waals surface area (Å²) in [6.07, 6.45) is 2.79. The molecule has 0 aliphatic carbocycles. The Morgan fingerprint density at radius 1 is 1.15 bits per heavy atom. The van der Waals surface area contributed by atoms with E-state index in [0.717, 1.165) is 24.8 Å². The number of anilines is 1. The summed E-state index contributed by atoms with van der Waals surface area (Å²) in [4.78, 5) is 25.5. The van der Waals surface area contributed by atoms with Crippen LogP contribution in [0.25, 0.3) is 10.8 Å². The molecule has 0 fully saturated rings. The van der Waals surface area contributed by atoms with Crippen LogP contribution in [0.4, 0.5) is 10.1 Å². The number of hydrogen-bond donors (Lipinski definition) is 1. The summed E-state index contributed by atoms with van der Waals surface area (Å²) < 4.78 is 15.4. The third-order valence-electron chi connectivity index (χ3n) is 4.43. The van der Waals surface area contributed by atoms with Crippen molar-refractivity contribution >= 4 is 22.4 Å². The second-order valence-corrected chi connectivity index (χ2v) is 6.57. The highest BCUT2D eigenvalue weighted by molar-refractivity contribution is 6.11. The minimum atomic E-state index is -0.543. The lowest BCUT2D eigenvalue weighted by Gasteiger charge is -2.12. The van der Waals surface area contributed by atoms with Crippen LogP contribution in [0, 0.1) is 12.7 Å². The van der Waals surface area contributed by atoms with Gasteiger partial charge < -0.3 is 5.32 Å². The van der Waals surface area contributed by atoms with E-state index >= 15 is 0 Å². The quantitative estimate of drug-likeness (QED) is 0.661. The van der Waals surface area contributed by atoms with Gasteiger partial charge in [-0.2, -0.15) is 5.10 Å². The number of carbonyl (C=O) groups excluding carboxylic acids is 1. The second-order valence-electron chi connectivity index (χ2n) is 6.57. The molecule has 3 aromatic rings. The fraction of sp³-hybridized carbons (Fsp3) is 0.286. The van der Waals surface area contributed by atoms with Gasteiger partial charge in [0.1, 0.15) is 5.82 Å². The standard InChI is InChI=1S/C21H22FN3O2/c1-3-4-7-12-25-21(27)16-9-6-5-8-15(16)19(24-25)20(26)23-18-11-10-14(2)13-17(18)22/h5-6,8-11,13H,3-4,7,12H2,1-2H3,(H,23,26). The molecule has 1 heterocycles. The lowest BCUT2D eigenvalue weighted by atomic mass is 10.1. The van der Waals surface area contributed by atoms with E-state index in [-0.39, 0.29) is 16.9 Å². The average Bonchev–Trinajstić information content (AvgIpc) is 2.66. The van der Waals surface area contributed by atoms with Crippen LogP contribution in [-0.4, -0.2) is 15.7 Å². The van der Waals surface area contributed by atoms with Crippen LogP contribution < -0.4 is 10.9 Å². The fourth-order valence-electron chi connectivity index (χ4n) is 2.97. The molecule has 0 saturated carbocycles. The van der Waals surface area contributed by atoms with Crippen molar-refractivity contribution in [3.8, 4) is 0 Å². The Morgan fingerprint density at radius 3 is 2.59 bits per heavy atom. The van der Waals surface area contributed by atoms with Gasteiger partial charge in [0, 0.05) is 11.9 Å². The Hall–Kier alpha value is -3.02. The van der Waals surface area contributed by atoms with Crippen molar-refractivity contribution in [3.63, 3.8) is 0 Å². The summed E-state index contributed by atoms with van der Waals surface area (Å²) in [7, 11) is 0. The zero-order valence-corrected chi connectivity index (χ0v) is 15.5. The highest BCUT2D eigenvalue weighted by Gasteiger charge is 2.18. The van der Waals surface area contributed by atoms with E-state index < -0.39 is 11.7 Å². The first-order valence-electron chi connectivity index (χ1n) is 9.08. The van der Waals surface area contributed by atoms with Gasteiger partial charge in [0.2, 0.25) is 0 Å². The smallest absolute Gasteiger partial charge is 0.276 e. The molecule has 1 aromatic heterocycles. The number of halogens is 1. The molecule has 0 unspecified atom stereocenters. The van der Waals surface area contributed by atoms with Gasteiger partial charge in [-0.25, -0.2) is 9.07 Å². The largest absolute Gasteiger partial charge is 0.318 e. The molecule has 6 heteroatoms. The summed E-state index contributed by atoms with van der Waals surface area (Å²) >= 11 is 0. The van der Waals surface area contributed by atoms with E-state index in [9.17, 15) is 14.0 Å². The number of benzene rings is 2. The Bertz CT molecular complexity index is 1040. The Labute approximate surface area is 156 Å².